The maximum Gasteiger partial charge on any atom is 0.303 e. The van der Waals surface area contributed by atoms with Gasteiger partial charge in [-0.2, -0.15) is 0 Å². The molecule has 0 spiro atoms. The molecule has 1 heterocycles. The summed E-state index contributed by atoms with van der Waals surface area (Å²) >= 11 is 0. The van der Waals surface area contributed by atoms with Gasteiger partial charge in [0.25, 0.3) is 0 Å². The molecule has 126 valence electrons. The standard InChI is InChI=1S/C14H22O7S/c1-8(2)7-22(17,18)14-13(21-11(5)16)12(20-10(4)15)9(3)6-19-14/h9,12-14H,1,6-7H2,2-5H3/t9-,12+,13+,14?/m1/s1. The Kier molecular flexibility index (Phi) is 6.13. The van der Waals surface area contributed by atoms with Crippen LogP contribution in [0, 0.1) is 5.92 Å². The van der Waals surface area contributed by atoms with Gasteiger partial charge < -0.3 is 14.2 Å². The van der Waals surface area contributed by atoms with Gasteiger partial charge in [-0.15, -0.1) is 0 Å². The molecule has 0 amide bonds. The average molecular weight is 334 g/mol. The molecule has 22 heavy (non-hydrogen) atoms. The third-order valence-electron chi connectivity index (χ3n) is 3.08. The Labute approximate surface area is 130 Å². The highest BCUT2D eigenvalue weighted by Crippen LogP contribution is 2.29. The Balaban J connectivity index is 3.15. The summed E-state index contributed by atoms with van der Waals surface area (Å²) in [5.41, 5.74) is -0.943. The van der Waals surface area contributed by atoms with Gasteiger partial charge in [-0.3, -0.25) is 9.59 Å². The highest BCUT2D eigenvalue weighted by molar-refractivity contribution is 7.92. The van der Waals surface area contributed by atoms with E-state index in [0.29, 0.717) is 5.57 Å². The molecule has 4 atom stereocenters. The summed E-state index contributed by atoms with van der Waals surface area (Å²) in [6.45, 7) is 9.33. The van der Waals surface area contributed by atoms with Gasteiger partial charge in [0.15, 0.2) is 21.4 Å². The SMILES string of the molecule is C=C(C)CS(=O)(=O)C1OC[C@@H](C)[C@H](OC(C)=O)[C@@H]1OC(C)=O. The fourth-order valence-electron chi connectivity index (χ4n) is 2.34. The minimum absolute atomic E-state index is 0.0792. The molecule has 0 bridgehead atoms. The second kappa shape index (κ2) is 7.23. The summed E-state index contributed by atoms with van der Waals surface area (Å²) in [7, 11) is -3.76. The summed E-state index contributed by atoms with van der Waals surface area (Å²) in [5, 5.41) is 0. The zero-order valence-electron chi connectivity index (χ0n) is 13.2. The first-order valence-electron chi connectivity index (χ1n) is 6.86. The maximum atomic E-state index is 12.4. The van der Waals surface area contributed by atoms with Gasteiger partial charge in [0.1, 0.15) is 6.10 Å². The number of hydrogen-bond acceptors (Lipinski definition) is 7. The van der Waals surface area contributed by atoms with Crippen LogP contribution in [0.3, 0.4) is 0 Å². The molecule has 1 saturated heterocycles. The van der Waals surface area contributed by atoms with Crippen molar-refractivity contribution in [1.29, 1.82) is 0 Å². The van der Waals surface area contributed by atoms with E-state index in [9.17, 15) is 18.0 Å². The Morgan fingerprint density at radius 3 is 2.09 bits per heavy atom. The molecule has 1 aliphatic heterocycles. The van der Waals surface area contributed by atoms with Gasteiger partial charge in [-0.25, -0.2) is 8.42 Å². The largest absolute Gasteiger partial charge is 0.458 e. The van der Waals surface area contributed by atoms with Crippen LogP contribution in [0.5, 0.6) is 0 Å². The predicted molar refractivity (Wildman–Crippen MR) is 78.6 cm³/mol. The van der Waals surface area contributed by atoms with Crippen molar-refractivity contribution in [2.24, 2.45) is 5.92 Å². The molecule has 7 nitrogen and oxygen atoms in total. The second-order valence-corrected chi connectivity index (χ2v) is 7.67. The number of carbonyl (C=O) groups excluding carboxylic acids is 2. The van der Waals surface area contributed by atoms with Crippen molar-refractivity contribution in [3.05, 3.63) is 12.2 Å². The lowest BCUT2D eigenvalue weighted by Crippen LogP contribution is -2.56. The molecule has 0 N–H and O–H groups in total. The zero-order valence-corrected chi connectivity index (χ0v) is 14.0. The van der Waals surface area contributed by atoms with Crippen LogP contribution in [0.25, 0.3) is 0 Å². The van der Waals surface area contributed by atoms with Crippen LogP contribution in [0.2, 0.25) is 0 Å². The van der Waals surface area contributed by atoms with Crippen molar-refractivity contribution >= 4 is 21.8 Å². The minimum Gasteiger partial charge on any atom is -0.458 e. The topological polar surface area (TPSA) is 96.0 Å². The lowest BCUT2D eigenvalue weighted by atomic mass is 9.98. The van der Waals surface area contributed by atoms with Crippen LogP contribution in [0.15, 0.2) is 12.2 Å². The monoisotopic (exact) mass is 334 g/mol. The first kappa shape index (κ1) is 18.6. The van der Waals surface area contributed by atoms with Gasteiger partial charge >= 0.3 is 11.9 Å². The lowest BCUT2D eigenvalue weighted by Gasteiger charge is -2.39. The number of rotatable bonds is 5. The maximum absolute atomic E-state index is 12.4. The van der Waals surface area contributed by atoms with E-state index < -0.39 is 39.4 Å². The molecular weight excluding hydrogens is 312 g/mol. The average Bonchev–Trinajstić information content (AvgIpc) is 2.30. The molecule has 0 aliphatic carbocycles. The predicted octanol–water partition coefficient (Wildman–Crippen LogP) is 0.833. The van der Waals surface area contributed by atoms with Crippen LogP contribution >= 0.6 is 0 Å². The van der Waals surface area contributed by atoms with Crippen molar-refractivity contribution in [3.63, 3.8) is 0 Å². The van der Waals surface area contributed by atoms with E-state index in [1.54, 1.807) is 13.8 Å². The van der Waals surface area contributed by atoms with Crippen molar-refractivity contribution < 1.29 is 32.2 Å². The van der Waals surface area contributed by atoms with Gasteiger partial charge in [0.2, 0.25) is 0 Å². The summed E-state index contributed by atoms with van der Waals surface area (Å²) in [4.78, 5) is 22.6. The molecular formula is C14H22O7S. The molecule has 1 aliphatic rings. The molecule has 0 aromatic carbocycles. The summed E-state index contributed by atoms with van der Waals surface area (Å²) < 4.78 is 40.5. The van der Waals surface area contributed by atoms with E-state index >= 15 is 0 Å². The van der Waals surface area contributed by atoms with E-state index in [1.807, 2.05) is 0 Å². The summed E-state index contributed by atoms with van der Waals surface area (Å²) in [6.07, 6.45) is -2.07. The molecule has 1 fully saturated rings. The fraction of sp³-hybridized carbons (Fsp3) is 0.714. The Hall–Kier alpha value is -1.41. The third-order valence-corrected chi connectivity index (χ3v) is 5.09. The third kappa shape index (κ3) is 4.81. The Bertz CT molecular complexity index is 552. The number of sulfone groups is 1. The first-order chi connectivity index (χ1) is 10.0. The van der Waals surface area contributed by atoms with E-state index in [1.165, 1.54) is 6.92 Å². The van der Waals surface area contributed by atoms with Crippen LogP contribution < -0.4 is 0 Å². The van der Waals surface area contributed by atoms with Gasteiger partial charge in [0, 0.05) is 19.8 Å². The van der Waals surface area contributed by atoms with Crippen LogP contribution in [0.4, 0.5) is 0 Å². The number of esters is 2. The van der Waals surface area contributed by atoms with Crippen molar-refractivity contribution in [2.75, 3.05) is 12.4 Å². The highest BCUT2D eigenvalue weighted by atomic mass is 32.2. The lowest BCUT2D eigenvalue weighted by molar-refractivity contribution is -0.193. The normalized spacial score (nSPS) is 28.7. The molecule has 0 aromatic rings. The molecule has 1 unspecified atom stereocenters. The van der Waals surface area contributed by atoms with E-state index in [-0.39, 0.29) is 18.3 Å². The van der Waals surface area contributed by atoms with Crippen LogP contribution in [-0.4, -0.2) is 50.4 Å². The number of ether oxygens (including phenoxy) is 3. The van der Waals surface area contributed by atoms with Crippen molar-refractivity contribution in [2.45, 2.75) is 45.3 Å². The highest BCUT2D eigenvalue weighted by Gasteiger charge is 2.48. The first-order valence-corrected chi connectivity index (χ1v) is 8.58. The van der Waals surface area contributed by atoms with Gasteiger partial charge in [-0.05, 0) is 6.92 Å². The molecule has 0 radical (unpaired) electrons. The second-order valence-electron chi connectivity index (χ2n) is 5.59. The van der Waals surface area contributed by atoms with Crippen molar-refractivity contribution in [3.8, 4) is 0 Å². The fourth-order valence-corrected chi connectivity index (χ4v) is 4.09. The molecule has 0 aromatic heterocycles. The minimum atomic E-state index is -3.76. The summed E-state index contributed by atoms with van der Waals surface area (Å²) in [6, 6.07) is 0. The Morgan fingerprint density at radius 1 is 1.14 bits per heavy atom. The van der Waals surface area contributed by atoms with E-state index in [4.69, 9.17) is 14.2 Å². The number of carbonyl (C=O) groups is 2. The van der Waals surface area contributed by atoms with E-state index in [2.05, 4.69) is 6.58 Å². The molecule has 8 heteroatoms. The molecule has 1 rings (SSSR count). The number of hydrogen-bond donors (Lipinski definition) is 0. The summed E-state index contributed by atoms with van der Waals surface area (Å²) in [5.74, 6) is -1.84. The smallest absolute Gasteiger partial charge is 0.303 e. The van der Waals surface area contributed by atoms with Gasteiger partial charge in [0.05, 0.1) is 12.4 Å². The quantitative estimate of drug-likeness (QED) is 0.543. The van der Waals surface area contributed by atoms with Gasteiger partial charge in [-0.1, -0.05) is 19.1 Å². The van der Waals surface area contributed by atoms with Crippen LogP contribution in [0.1, 0.15) is 27.7 Å². The van der Waals surface area contributed by atoms with E-state index in [0.717, 1.165) is 6.92 Å². The van der Waals surface area contributed by atoms with Crippen molar-refractivity contribution in [1.82, 2.24) is 0 Å². The molecule has 0 saturated carbocycles. The van der Waals surface area contributed by atoms with Crippen LogP contribution in [-0.2, 0) is 33.6 Å². The Morgan fingerprint density at radius 2 is 1.64 bits per heavy atom. The zero-order chi connectivity index (χ0) is 17.1.